The summed E-state index contributed by atoms with van der Waals surface area (Å²) in [6.45, 7) is 0.378. The number of nitrogens with one attached hydrogen (secondary N) is 1. The molecule has 0 saturated heterocycles. The summed E-state index contributed by atoms with van der Waals surface area (Å²) in [5, 5.41) is 0. The van der Waals surface area contributed by atoms with E-state index in [2.05, 4.69) is 10.4 Å². The molecule has 0 spiro atoms. The Balaban J connectivity index is 2.07. The Morgan fingerprint density at radius 2 is 2.11 bits per heavy atom. The van der Waals surface area contributed by atoms with Crippen LogP contribution in [0, 0.1) is 5.92 Å². The maximum atomic E-state index is 12.6. The summed E-state index contributed by atoms with van der Waals surface area (Å²) in [6.07, 6.45) is -1.24. The summed E-state index contributed by atoms with van der Waals surface area (Å²) >= 11 is 0. The van der Waals surface area contributed by atoms with Crippen molar-refractivity contribution in [2.45, 2.75) is 25.4 Å². The van der Waals surface area contributed by atoms with Gasteiger partial charge in [-0.25, -0.2) is 5.84 Å². The van der Waals surface area contributed by atoms with E-state index in [0.717, 1.165) is 18.6 Å². The molecular formula is C11H14F3N3O. The van der Waals surface area contributed by atoms with Gasteiger partial charge in [-0.05, 0) is 18.4 Å². The van der Waals surface area contributed by atoms with Crippen LogP contribution in [0.5, 0.6) is 5.88 Å². The zero-order chi connectivity index (χ0) is 13.2. The van der Waals surface area contributed by atoms with Gasteiger partial charge in [0.05, 0.1) is 12.2 Å². The Morgan fingerprint density at radius 1 is 1.39 bits per heavy atom. The van der Waals surface area contributed by atoms with Crippen LogP contribution in [0.4, 0.5) is 19.0 Å². The number of pyridine rings is 1. The molecule has 1 aliphatic carbocycles. The molecule has 7 heteroatoms. The highest BCUT2D eigenvalue weighted by Crippen LogP contribution is 2.34. The van der Waals surface area contributed by atoms with Gasteiger partial charge in [0.2, 0.25) is 5.88 Å². The summed E-state index contributed by atoms with van der Waals surface area (Å²) in [4.78, 5) is 3.82. The van der Waals surface area contributed by atoms with Crippen LogP contribution in [-0.4, -0.2) is 11.6 Å². The van der Waals surface area contributed by atoms with Crippen LogP contribution in [-0.2, 0) is 6.18 Å². The molecule has 0 atom stereocenters. The first-order chi connectivity index (χ1) is 8.49. The van der Waals surface area contributed by atoms with Crippen molar-refractivity contribution in [3.05, 3.63) is 17.7 Å². The quantitative estimate of drug-likeness (QED) is 0.631. The highest BCUT2D eigenvalue weighted by Gasteiger charge is 2.32. The average Bonchev–Trinajstić information content (AvgIpc) is 3.11. The molecule has 1 saturated carbocycles. The van der Waals surface area contributed by atoms with E-state index in [0.29, 0.717) is 12.5 Å². The van der Waals surface area contributed by atoms with Crippen molar-refractivity contribution in [3.8, 4) is 5.88 Å². The number of hydrogen-bond acceptors (Lipinski definition) is 4. The topological polar surface area (TPSA) is 60.2 Å². The maximum absolute atomic E-state index is 12.6. The molecule has 0 bridgehead atoms. The monoisotopic (exact) mass is 261 g/mol. The van der Waals surface area contributed by atoms with E-state index >= 15 is 0 Å². The predicted molar refractivity (Wildman–Crippen MR) is 59.9 cm³/mol. The summed E-state index contributed by atoms with van der Waals surface area (Å²) in [7, 11) is 0. The molecule has 1 aromatic rings. The van der Waals surface area contributed by atoms with Crippen molar-refractivity contribution in [2.75, 3.05) is 12.0 Å². The lowest BCUT2D eigenvalue weighted by molar-refractivity contribution is -0.137. The van der Waals surface area contributed by atoms with Crippen LogP contribution in [0.2, 0.25) is 0 Å². The van der Waals surface area contributed by atoms with E-state index in [4.69, 9.17) is 10.6 Å². The van der Waals surface area contributed by atoms with Crippen molar-refractivity contribution >= 4 is 5.82 Å². The fourth-order valence-corrected chi connectivity index (χ4v) is 1.55. The molecule has 0 radical (unpaired) electrons. The molecular weight excluding hydrogens is 247 g/mol. The third-order valence-electron chi connectivity index (χ3n) is 2.75. The highest BCUT2D eigenvalue weighted by molar-refractivity contribution is 5.41. The lowest BCUT2D eigenvalue weighted by Crippen LogP contribution is -2.13. The van der Waals surface area contributed by atoms with Gasteiger partial charge in [-0.2, -0.15) is 18.2 Å². The molecule has 1 aliphatic rings. The van der Waals surface area contributed by atoms with Crippen molar-refractivity contribution in [1.29, 1.82) is 0 Å². The van der Waals surface area contributed by atoms with Gasteiger partial charge in [-0.15, -0.1) is 0 Å². The minimum atomic E-state index is -4.44. The summed E-state index contributed by atoms with van der Waals surface area (Å²) < 4.78 is 43.0. The number of anilines is 1. The van der Waals surface area contributed by atoms with E-state index in [1.807, 2.05) is 0 Å². The molecule has 1 heterocycles. The number of alkyl halides is 3. The number of aromatic nitrogens is 1. The molecule has 1 fully saturated rings. The van der Waals surface area contributed by atoms with Gasteiger partial charge in [0.15, 0.2) is 0 Å². The first-order valence-corrected chi connectivity index (χ1v) is 5.68. The fourth-order valence-electron chi connectivity index (χ4n) is 1.55. The Kier molecular flexibility index (Phi) is 3.60. The molecule has 1 aromatic heterocycles. The Hall–Kier alpha value is -1.50. The second-order valence-corrected chi connectivity index (χ2v) is 4.30. The minimum absolute atomic E-state index is 0.0570. The van der Waals surface area contributed by atoms with Gasteiger partial charge in [0, 0.05) is 6.07 Å². The third-order valence-corrected chi connectivity index (χ3v) is 2.75. The van der Waals surface area contributed by atoms with Gasteiger partial charge < -0.3 is 10.2 Å². The lowest BCUT2D eigenvalue weighted by atomic mass is 10.2. The first-order valence-electron chi connectivity index (χ1n) is 5.68. The van der Waals surface area contributed by atoms with E-state index in [-0.39, 0.29) is 11.7 Å². The number of nitrogens with two attached hydrogens (primary N) is 1. The second-order valence-electron chi connectivity index (χ2n) is 4.30. The van der Waals surface area contributed by atoms with Gasteiger partial charge in [-0.1, -0.05) is 12.8 Å². The predicted octanol–water partition coefficient (Wildman–Crippen LogP) is 2.56. The molecule has 0 aliphatic heterocycles. The molecule has 0 amide bonds. The SMILES string of the molecule is NNc1cc(C(F)(F)F)cc(OCCC2CC2)n1. The van der Waals surface area contributed by atoms with Gasteiger partial charge >= 0.3 is 6.18 Å². The molecule has 0 unspecified atom stereocenters. The van der Waals surface area contributed by atoms with Crippen LogP contribution >= 0.6 is 0 Å². The number of hydrogen-bond donors (Lipinski definition) is 2. The van der Waals surface area contributed by atoms with Crippen molar-refractivity contribution in [1.82, 2.24) is 4.98 Å². The van der Waals surface area contributed by atoms with E-state index in [1.165, 1.54) is 12.8 Å². The Morgan fingerprint density at radius 3 is 2.67 bits per heavy atom. The Bertz CT molecular complexity index is 418. The highest BCUT2D eigenvalue weighted by atomic mass is 19.4. The van der Waals surface area contributed by atoms with Crippen LogP contribution in [0.1, 0.15) is 24.8 Å². The molecule has 4 nitrogen and oxygen atoms in total. The number of ether oxygens (including phenoxy) is 1. The van der Waals surface area contributed by atoms with Gasteiger partial charge in [0.25, 0.3) is 0 Å². The van der Waals surface area contributed by atoms with E-state index in [1.54, 1.807) is 0 Å². The van der Waals surface area contributed by atoms with Crippen LogP contribution in [0.15, 0.2) is 12.1 Å². The number of nitrogen functional groups attached to an aromatic ring is 1. The second kappa shape index (κ2) is 5.01. The molecule has 18 heavy (non-hydrogen) atoms. The summed E-state index contributed by atoms with van der Waals surface area (Å²) in [5.74, 6) is 5.62. The van der Waals surface area contributed by atoms with Crippen LogP contribution in [0.3, 0.4) is 0 Å². The van der Waals surface area contributed by atoms with Crippen LogP contribution in [0.25, 0.3) is 0 Å². The standard InChI is InChI=1S/C11H14F3N3O/c12-11(13,14)8-5-9(17-15)16-10(6-8)18-4-3-7-1-2-7/h5-7H,1-4,15H2,(H,16,17). The molecule has 2 rings (SSSR count). The Labute approximate surface area is 102 Å². The van der Waals surface area contributed by atoms with E-state index < -0.39 is 11.7 Å². The minimum Gasteiger partial charge on any atom is -0.478 e. The fraction of sp³-hybridized carbons (Fsp3) is 0.545. The zero-order valence-corrected chi connectivity index (χ0v) is 9.63. The summed E-state index contributed by atoms with van der Waals surface area (Å²) in [6, 6.07) is 1.72. The van der Waals surface area contributed by atoms with Gasteiger partial charge in [-0.3, -0.25) is 0 Å². The van der Waals surface area contributed by atoms with Crippen LogP contribution < -0.4 is 16.0 Å². The number of halogens is 3. The average molecular weight is 261 g/mol. The molecule has 0 aromatic carbocycles. The molecule has 100 valence electrons. The lowest BCUT2D eigenvalue weighted by Gasteiger charge is -2.11. The number of rotatable bonds is 5. The van der Waals surface area contributed by atoms with Gasteiger partial charge in [0.1, 0.15) is 5.82 Å². The normalized spacial score (nSPS) is 15.6. The summed E-state index contributed by atoms with van der Waals surface area (Å²) in [5.41, 5.74) is 1.27. The number of nitrogens with zero attached hydrogens (tertiary/aromatic N) is 1. The van der Waals surface area contributed by atoms with Crippen molar-refractivity contribution in [3.63, 3.8) is 0 Å². The largest absolute Gasteiger partial charge is 0.478 e. The smallest absolute Gasteiger partial charge is 0.416 e. The zero-order valence-electron chi connectivity index (χ0n) is 9.63. The van der Waals surface area contributed by atoms with Crippen molar-refractivity contribution in [2.24, 2.45) is 11.8 Å². The van der Waals surface area contributed by atoms with Crippen molar-refractivity contribution < 1.29 is 17.9 Å². The first kappa shape index (κ1) is 12.9. The van der Waals surface area contributed by atoms with E-state index in [9.17, 15) is 13.2 Å². The maximum Gasteiger partial charge on any atom is 0.416 e. The third kappa shape index (κ3) is 3.49. The number of hydrazine groups is 1. The molecule has 3 N–H and O–H groups in total.